The van der Waals surface area contributed by atoms with Gasteiger partial charge in [0.2, 0.25) is 0 Å². The number of hydrogen-bond donors (Lipinski definition) is 0. The number of benzene rings is 3. The normalized spacial score (nSPS) is 12.1. The van der Waals surface area contributed by atoms with Gasteiger partial charge in [0.15, 0.2) is 0 Å². The van der Waals surface area contributed by atoms with Crippen LogP contribution in [0.4, 0.5) is 8.44 Å². The third kappa shape index (κ3) is 2.90. The van der Waals surface area contributed by atoms with Crippen LogP contribution in [0, 0.1) is 0 Å². The maximum absolute atomic E-state index is 14.7. The van der Waals surface area contributed by atoms with Crippen LogP contribution < -0.4 is 0 Å². The molecule has 0 aliphatic rings. The van der Waals surface area contributed by atoms with Crippen LogP contribution in [0.3, 0.4) is 0 Å². The van der Waals surface area contributed by atoms with Crippen molar-refractivity contribution in [1.29, 1.82) is 0 Å². The van der Waals surface area contributed by atoms with Crippen LogP contribution in [0.15, 0.2) is 106 Å². The molecule has 0 bridgehead atoms. The molecule has 23 heavy (non-hydrogen) atoms. The Morgan fingerprint density at radius 3 is 0.957 bits per heavy atom. The van der Waals surface area contributed by atoms with Gasteiger partial charge >= 0.3 is 139 Å². The molecule has 0 heterocycles. The molecule has 0 aromatic heterocycles. The van der Waals surface area contributed by atoms with Gasteiger partial charge in [-0.3, -0.25) is 0 Å². The number of rotatable bonds is 3. The molecule has 0 amide bonds. The third-order valence-corrected chi connectivity index (χ3v) is 17.8. The minimum absolute atomic E-state index is 0.385. The predicted octanol–water partition coefficient (Wildman–Crippen LogP) is 5.66. The zero-order valence-corrected chi connectivity index (χ0v) is 15.5. The molecule has 3 rings (SSSR count). The first-order valence-corrected chi connectivity index (χ1v) is 14.6. The van der Waals surface area contributed by atoms with Crippen molar-refractivity contribution in [3.63, 3.8) is 0 Å². The van der Waals surface area contributed by atoms with Gasteiger partial charge in [-0.25, -0.2) is 0 Å². The van der Waals surface area contributed by atoms with E-state index in [-0.39, 0.29) is 0 Å². The second-order valence-electron chi connectivity index (χ2n) is 4.92. The van der Waals surface area contributed by atoms with Crippen LogP contribution in [-0.4, -0.2) is 18.6 Å². The molecule has 0 fully saturated rings. The van der Waals surface area contributed by atoms with Gasteiger partial charge in [-0.2, -0.15) is 0 Å². The first-order chi connectivity index (χ1) is 11.1. The quantitative estimate of drug-likeness (QED) is 0.363. The summed E-state index contributed by atoms with van der Waals surface area (Å²) in [5.74, 6) is 0. The van der Waals surface area contributed by atoms with Gasteiger partial charge in [-0.1, -0.05) is 0 Å². The molecule has 0 atom stereocenters. The summed E-state index contributed by atoms with van der Waals surface area (Å²) in [7, 11) is 0. The molecule has 0 aliphatic carbocycles. The van der Waals surface area contributed by atoms with E-state index in [1.54, 1.807) is 91.0 Å². The zero-order valence-electron chi connectivity index (χ0n) is 12.1. The molecule has 0 aliphatic heterocycles. The average Bonchev–Trinajstić information content (AvgIpc) is 2.57. The Hall–Kier alpha value is -1.38. The molecule has 5 heteroatoms. The van der Waals surface area contributed by atoms with E-state index in [1.807, 2.05) is 0 Å². The maximum atomic E-state index is 14.7. The predicted molar refractivity (Wildman–Crippen MR) is 90.6 cm³/mol. The molecule has 0 spiro atoms. The summed E-state index contributed by atoms with van der Waals surface area (Å²) in [4.78, 5) is 1.16. The van der Waals surface area contributed by atoms with Crippen molar-refractivity contribution in [3.05, 3.63) is 91.0 Å². The Morgan fingerprint density at radius 2 is 0.739 bits per heavy atom. The number of halogens is 3. The Morgan fingerprint density at radius 1 is 0.478 bits per heavy atom. The van der Waals surface area contributed by atoms with Crippen LogP contribution in [-0.2, 0) is 6.59 Å². The zero-order chi connectivity index (χ0) is 16.3. The van der Waals surface area contributed by atoms with Crippen molar-refractivity contribution in [3.8, 4) is 0 Å². The first-order valence-electron chi connectivity index (χ1n) is 7.03. The van der Waals surface area contributed by atoms with E-state index >= 15 is 0 Å². The standard InChI is InChI=1S/C18H15S.3FH.Sb/c1-4-10-16(11-5-1)19(17-12-6-2-7-13-17)18-14-8-3-9-15-18;;;;/h1-15H;3*1H;/q+1;;;;+3/p-3. The van der Waals surface area contributed by atoms with Gasteiger partial charge in [0.25, 0.3) is 0 Å². The van der Waals surface area contributed by atoms with E-state index in [9.17, 15) is 8.44 Å². The van der Waals surface area contributed by atoms with E-state index in [1.165, 1.54) is 0 Å². The molecule has 0 radical (unpaired) electrons. The second kappa shape index (κ2) is 6.62. The fourth-order valence-corrected chi connectivity index (χ4v) is 15.1. The van der Waals surface area contributed by atoms with Crippen molar-refractivity contribution in [2.75, 3.05) is 0 Å². The van der Waals surface area contributed by atoms with Gasteiger partial charge in [0, 0.05) is 0 Å². The molecular formula is C18H15F3SSb+. The summed E-state index contributed by atoms with van der Waals surface area (Å²) >= 11 is -6.82. The SMILES string of the molecule is [F][Sb]([F])([F])=[S+](c1ccccc1)(c1ccccc1)c1ccccc1. The monoisotopic (exact) mass is 441 g/mol. The van der Waals surface area contributed by atoms with Gasteiger partial charge < -0.3 is 0 Å². The minimum atomic E-state index is -6.82. The summed E-state index contributed by atoms with van der Waals surface area (Å²) in [6, 6.07) is 25.2. The summed E-state index contributed by atoms with van der Waals surface area (Å²) in [6.07, 6.45) is 0. The van der Waals surface area contributed by atoms with Gasteiger partial charge in [-0.05, 0) is 0 Å². The number of hydrogen-bond acceptors (Lipinski definition) is 0. The molecule has 3 aromatic carbocycles. The Labute approximate surface area is 139 Å². The van der Waals surface area contributed by atoms with Gasteiger partial charge in [0.05, 0.1) is 0 Å². The van der Waals surface area contributed by atoms with Crippen molar-refractivity contribution in [2.24, 2.45) is 0 Å². The van der Waals surface area contributed by atoms with E-state index in [0.717, 1.165) is 0 Å². The van der Waals surface area contributed by atoms with Crippen LogP contribution in [0.25, 0.3) is 0 Å². The summed E-state index contributed by atoms with van der Waals surface area (Å²) in [5.41, 5.74) is 0. The Balaban J connectivity index is 2.54. The van der Waals surface area contributed by atoms with E-state index in [4.69, 9.17) is 0 Å². The van der Waals surface area contributed by atoms with Crippen LogP contribution in [0.1, 0.15) is 0 Å². The molecular weight excluding hydrogens is 427 g/mol. The van der Waals surface area contributed by atoms with Crippen molar-refractivity contribution < 1.29 is 8.44 Å². The van der Waals surface area contributed by atoms with Gasteiger partial charge in [0.1, 0.15) is 0 Å². The van der Waals surface area contributed by atoms with E-state index < -0.39 is 25.2 Å². The third-order valence-electron chi connectivity index (χ3n) is 3.56. The van der Waals surface area contributed by atoms with Crippen molar-refractivity contribution >= 4 is 25.2 Å². The molecule has 0 saturated heterocycles. The van der Waals surface area contributed by atoms with Crippen LogP contribution in [0.2, 0.25) is 0 Å². The van der Waals surface area contributed by atoms with E-state index in [0.29, 0.717) is 14.7 Å². The Kier molecular flexibility index (Phi) is 4.74. The van der Waals surface area contributed by atoms with Gasteiger partial charge in [-0.15, -0.1) is 0 Å². The van der Waals surface area contributed by atoms with Crippen LogP contribution >= 0.6 is 0 Å². The molecule has 0 N–H and O–H groups in total. The summed E-state index contributed by atoms with van der Waals surface area (Å²) in [5, 5.41) is 0. The topological polar surface area (TPSA) is 0 Å². The van der Waals surface area contributed by atoms with Crippen molar-refractivity contribution in [2.45, 2.75) is 14.7 Å². The molecule has 3 aromatic rings. The fraction of sp³-hybridized carbons (Fsp3) is 0. The summed E-state index contributed by atoms with van der Waals surface area (Å²) < 4.78 is 44.0. The molecule has 118 valence electrons. The Bertz CT molecular complexity index is 747. The van der Waals surface area contributed by atoms with Crippen molar-refractivity contribution in [1.82, 2.24) is 0 Å². The second-order valence-corrected chi connectivity index (χ2v) is 17.2. The van der Waals surface area contributed by atoms with E-state index in [2.05, 4.69) is 0 Å². The summed E-state index contributed by atoms with van der Waals surface area (Å²) in [6.45, 7) is -3.15. The molecule has 0 unspecified atom stereocenters. The molecule has 0 saturated carbocycles. The van der Waals surface area contributed by atoms with Crippen LogP contribution in [0.5, 0.6) is 0 Å². The average molecular weight is 442 g/mol. The molecule has 0 nitrogen and oxygen atoms in total. The fourth-order valence-electron chi connectivity index (χ4n) is 2.62. The first kappa shape index (κ1) is 16.5.